The van der Waals surface area contributed by atoms with E-state index in [1.165, 1.54) is 17.9 Å². The Morgan fingerprint density at radius 3 is 2.64 bits per heavy atom. The van der Waals surface area contributed by atoms with E-state index >= 15 is 0 Å². The van der Waals surface area contributed by atoms with Crippen LogP contribution in [0.3, 0.4) is 0 Å². The molecule has 1 unspecified atom stereocenters. The fraction of sp³-hybridized carbons (Fsp3) is 0.250. The van der Waals surface area contributed by atoms with Crippen molar-refractivity contribution in [3.63, 3.8) is 0 Å². The van der Waals surface area contributed by atoms with Gasteiger partial charge < -0.3 is 4.74 Å². The van der Waals surface area contributed by atoms with Crippen molar-refractivity contribution in [1.29, 1.82) is 0 Å². The average Bonchev–Trinajstić information content (AvgIpc) is 2.63. The van der Waals surface area contributed by atoms with Gasteiger partial charge in [-0.1, -0.05) is 30.3 Å². The Balaban J connectivity index is 1.86. The molecule has 72 valence electrons. The van der Waals surface area contributed by atoms with Crippen LogP contribution in [0.4, 0.5) is 0 Å². The van der Waals surface area contributed by atoms with Crippen LogP contribution in [0.15, 0.2) is 42.7 Å². The first-order valence-corrected chi connectivity index (χ1v) is 4.76. The summed E-state index contributed by atoms with van der Waals surface area (Å²) in [6, 6.07) is 10.1. The maximum absolute atomic E-state index is 11.2. The lowest BCUT2D eigenvalue weighted by molar-refractivity contribution is -0.120. The monoisotopic (exact) mass is 188 g/mol. The Morgan fingerprint density at radius 2 is 2.00 bits per heavy atom. The predicted molar refractivity (Wildman–Crippen MR) is 53.8 cm³/mol. The van der Waals surface area contributed by atoms with Crippen molar-refractivity contribution in [2.45, 2.75) is 18.9 Å². The summed E-state index contributed by atoms with van der Waals surface area (Å²) >= 11 is 0. The fourth-order valence-corrected chi connectivity index (χ4v) is 1.53. The molecular formula is C12H12O2. The maximum Gasteiger partial charge on any atom is 0.199 e. The minimum absolute atomic E-state index is 0.0842. The van der Waals surface area contributed by atoms with E-state index in [1.54, 1.807) is 0 Å². The summed E-state index contributed by atoms with van der Waals surface area (Å²) in [6.07, 6.45) is 4.37. The van der Waals surface area contributed by atoms with E-state index in [9.17, 15) is 4.79 Å². The highest BCUT2D eigenvalue weighted by Gasteiger charge is 2.20. The Morgan fingerprint density at radius 1 is 1.21 bits per heavy atom. The van der Waals surface area contributed by atoms with Gasteiger partial charge in [0.1, 0.15) is 0 Å². The lowest BCUT2D eigenvalue weighted by Gasteiger charge is -2.08. The molecule has 0 radical (unpaired) electrons. The molecule has 0 spiro atoms. The molecule has 1 heterocycles. The minimum atomic E-state index is -0.254. The number of ether oxygens (including phenoxy) is 1. The molecule has 1 aliphatic rings. The van der Waals surface area contributed by atoms with Gasteiger partial charge in [-0.15, -0.1) is 0 Å². The van der Waals surface area contributed by atoms with Crippen molar-refractivity contribution in [3.05, 3.63) is 48.2 Å². The van der Waals surface area contributed by atoms with Gasteiger partial charge >= 0.3 is 0 Å². The second-order valence-electron chi connectivity index (χ2n) is 3.35. The normalized spacial score (nSPS) is 19.7. The van der Waals surface area contributed by atoms with Gasteiger partial charge in [-0.3, -0.25) is 4.79 Å². The van der Waals surface area contributed by atoms with Gasteiger partial charge in [0.05, 0.1) is 6.26 Å². The Hall–Kier alpha value is -1.57. The molecule has 0 fully saturated rings. The number of aryl methyl sites for hydroxylation is 1. The van der Waals surface area contributed by atoms with Crippen LogP contribution in [-0.4, -0.2) is 11.9 Å². The van der Waals surface area contributed by atoms with Gasteiger partial charge in [0.25, 0.3) is 0 Å². The third kappa shape index (κ3) is 2.02. The SMILES string of the molecule is O=C1C=COC1CCc1ccccc1. The quantitative estimate of drug-likeness (QED) is 0.726. The van der Waals surface area contributed by atoms with E-state index < -0.39 is 0 Å². The standard InChI is InChI=1S/C12H12O2/c13-11-8-9-14-12(11)7-6-10-4-2-1-3-5-10/h1-5,8-9,12H,6-7H2. The summed E-state index contributed by atoms with van der Waals surface area (Å²) in [5.74, 6) is 0.0842. The molecule has 0 amide bonds. The minimum Gasteiger partial charge on any atom is -0.490 e. The number of benzene rings is 1. The molecule has 0 aromatic heterocycles. The van der Waals surface area contributed by atoms with Crippen LogP contribution in [0.25, 0.3) is 0 Å². The summed E-state index contributed by atoms with van der Waals surface area (Å²) in [5, 5.41) is 0. The van der Waals surface area contributed by atoms with E-state index in [0.717, 1.165) is 12.8 Å². The van der Waals surface area contributed by atoms with Gasteiger partial charge in [-0.2, -0.15) is 0 Å². The zero-order valence-corrected chi connectivity index (χ0v) is 7.85. The molecule has 0 bridgehead atoms. The summed E-state index contributed by atoms with van der Waals surface area (Å²) in [4.78, 5) is 11.2. The molecule has 2 heteroatoms. The lowest BCUT2D eigenvalue weighted by atomic mass is 10.1. The van der Waals surface area contributed by atoms with Crippen LogP contribution < -0.4 is 0 Å². The van der Waals surface area contributed by atoms with Gasteiger partial charge in [-0.05, 0) is 18.4 Å². The predicted octanol–water partition coefficient (Wildman–Crippen LogP) is 2.10. The third-order valence-electron chi connectivity index (χ3n) is 2.33. The Bertz CT molecular complexity index is 341. The number of carbonyl (C=O) groups excluding carboxylic acids is 1. The summed E-state index contributed by atoms with van der Waals surface area (Å²) in [7, 11) is 0. The van der Waals surface area contributed by atoms with Gasteiger partial charge in [0, 0.05) is 6.08 Å². The van der Waals surface area contributed by atoms with Crippen molar-refractivity contribution in [3.8, 4) is 0 Å². The molecule has 14 heavy (non-hydrogen) atoms. The molecule has 0 saturated carbocycles. The second kappa shape index (κ2) is 4.09. The van der Waals surface area contributed by atoms with E-state index in [1.807, 2.05) is 18.2 Å². The Kier molecular flexibility index (Phi) is 2.63. The van der Waals surface area contributed by atoms with Crippen molar-refractivity contribution in [2.75, 3.05) is 0 Å². The third-order valence-corrected chi connectivity index (χ3v) is 2.33. The molecule has 1 aromatic carbocycles. The fourth-order valence-electron chi connectivity index (χ4n) is 1.53. The zero-order chi connectivity index (χ0) is 9.80. The molecule has 0 N–H and O–H groups in total. The van der Waals surface area contributed by atoms with Gasteiger partial charge in [-0.25, -0.2) is 0 Å². The van der Waals surface area contributed by atoms with Crippen LogP contribution >= 0.6 is 0 Å². The topological polar surface area (TPSA) is 26.3 Å². The number of hydrogen-bond donors (Lipinski definition) is 0. The highest BCUT2D eigenvalue weighted by Crippen LogP contribution is 2.12. The number of hydrogen-bond acceptors (Lipinski definition) is 2. The lowest BCUT2D eigenvalue weighted by Crippen LogP contribution is -2.16. The molecule has 2 nitrogen and oxygen atoms in total. The van der Waals surface area contributed by atoms with Crippen molar-refractivity contribution >= 4 is 5.78 Å². The maximum atomic E-state index is 11.2. The van der Waals surface area contributed by atoms with Crippen LogP contribution in [0.5, 0.6) is 0 Å². The van der Waals surface area contributed by atoms with Crippen molar-refractivity contribution in [1.82, 2.24) is 0 Å². The molecule has 0 aliphatic carbocycles. The van der Waals surface area contributed by atoms with E-state index in [-0.39, 0.29) is 11.9 Å². The van der Waals surface area contributed by atoms with Crippen molar-refractivity contribution < 1.29 is 9.53 Å². The van der Waals surface area contributed by atoms with E-state index in [0.29, 0.717) is 0 Å². The van der Waals surface area contributed by atoms with Crippen LogP contribution in [0.2, 0.25) is 0 Å². The first-order valence-electron chi connectivity index (χ1n) is 4.76. The molecule has 2 rings (SSSR count). The molecule has 1 atom stereocenters. The van der Waals surface area contributed by atoms with Crippen LogP contribution in [0, 0.1) is 0 Å². The summed E-state index contributed by atoms with van der Waals surface area (Å²) < 4.78 is 5.16. The second-order valence-corrected chi connectivity index (χ2v) is 3.35. The van der Waals surface area contributed by atoms with Crippen LogP contribution in [-0.2, 0) is 16.0 Å². The highest BCUT2D eigenvalue weighted by molar-refractivity contribution is 5.94. The summed E-state index contributed by atoms with van der Waals surface area (Å²) in [5.41, 5.74) is 1.25. The largest absolute Gasteiger partial charge is 0.490 e. The smallest absolute Gasteiger partial charge is 0.199 e. The van der Waals surface area contributed by atoms with E-state index in [4.69, 9.17) is 4.74 Å². The van der Waals surface area contributed by atoms with Gasteiger partial charge in [0.15, 0.2) is 11.9 Å². The number of ketones is 1. The van der Waals surface area contributed by atoms with Crippen LogP contribution in [0.1, 0.15) is 12.0 Å². The molecular weight excluding hydrogens is 176 g/mol. The number of rotatable bonds is 3. The molecule has 1 aromatic rings. The first kappa shape index (κ1) is 9.00. The number of carbonyl (C=O) groups is 1. The zero-order valence-electron chi connectivity index (χ0n) is 7.85. The highest BCUT2D eigenvalue weighted by atomic mass is 16.5. The van der Waals surface area contributed by atoms with Crippen molar-refractivity contribution in [2.24, 2.45) is 0 Å². The first-order chi connectivity index (χ1) is 6.86. The van der Waals surface area contributed by atoms with Gasteiger partial charge in [0.2, 0.25) is 0 Å². The average molecular weight is 188 g/mol. The molecule has 1 aliphatic heterocycles. The Labute approximate surface area is 83.2 Å². The molecule has 0 saturated heterocycles. The van der Waals surface area contributed by atoms with E-state index in [2.05, 4.69) is 12.1 Å². The summed E-state index contributed by atoms with van der Waals surface area (Å²) in [6.45, 7) is 0.